The average Bonchev–Trinajstić information content (AvgIpc) is 2.58. The van der Waals surface area contributed by atoms with E-state index in [-0.39, 0.29) is 18.1 Å². The van der Waals surface area contributed by atoms with Gasteiger partial charge in [-0.2, -0.15) is 13.2 Å². The Balaban J connectivity index is 2.16. The first-order valence-corrected chi connectivity index (χ1v) is 7.82. The van der Waals surface area contributed by atoms with Gasteiger partial charge in [0.05, 0.1) is 5.56 Å². The van der Waals surface area contributed by atoms with E-state index in [1.54, 1.807) is 13.0 Å². The van der Waals surface area contributed by atoms with Crippen molar-refractivity contribution in [2.75, 3.05) is 7.05 Å². The smallest absolute Gasteiger partial charge is 0.382 e. The van der Waals surface area contributed by atoms with Crippen molar-refractivity contribution in [3.63, 3.8) is 0 Å². The Kier molecular flexibility index (Phi) is 6.01. The highest BCUT2D eigenvalue weighted by molar-refractivity contribution is 6.00. The van der Waals surface area contributed by atoms with Gasteiger partial charge in [0.1, 0.15) is 5.69 Å². The van der Waals surface area contributed by atoms with Gasteiger partial charge in [0, 0.05) is 24.8 Å². The van der Waals surface area contributed by atoms with E-state index < -0.39 is 17.6 Å². The van der Waals surface area contributed by atoms with Gasteiger partial charge in [0.2, 0.25) is 0 Å². The minimum absolute atomic E-state index is 0.0646. The van der Waals surface area contributed by atoms with Crippen molar-refractivity contribution in [1.82, 2.24) is 15.4 Å². The number of nitrogens with two attached hydrogens (primary N) is 2. The molecule has 2 aromatic rings. The summed E-state index contributed by atoms with van der Waals surface area (Å²) in [4.78, 5) is 16.5. The van der Waals surface area contributed by atoms with Crippen LogP contribution in [0.5, 0.6) is 0 Å². The number of amidine groups is 1. The predicted octanol–water partition coefficient (Wildman–Crippen LogP) is 1.76. The van der Waals surface area contributed by atoms with Crippen LogP contribution < -0.4 is 16.9 Å². The summed E-state index contributed by atoms with van der Waals surface area (Å²) >= 11 is 0. The molecule has 0 aliphatic carbocycles. The van der Waals surface area contributed by atoms with Gasteiger partial charge in [-0.05, 0) is 36.8 Å². The Hall–Kier alpha value is -3.14. The molecule has 0 aliphatic rings. The first-order chi connectivity index (χ1) is 12.6. The summed E-state index contributed by atoms with van der Waals surface area (Å²) in [7, 11) is 1.49. The van der Waals surface area contributed by atoms with E-state index in [4.69, 9.17) is 11.6 Å². The molecule has 0 spiro atoms. The zero-order valence-corrected chi connectivity index (χ0v) is 14.7. The number of halogens is 3. The summed E-state index contributed by atoms with van der Waals surface area (Å²) in [6.07, 6.45) is -4.44. The lowest BCUT2D eigenvalue weighted by molar-refractivity contribution is -0.137. The van der Waals surface area contributed by atoms with Crippen LogP contribution in [0.3, 0.4) is 0 Å². The number of rotatable bonds is 5. The van der Waals surface area contributed by atoms with Crippen LogP contribution in [0.25, 0.3) is 0 Å². The third-order valence-electron chi connectivity index (χ3n) is 3.45. The second-order valence-corrected chi connectivity index (χ2v) is 5.82. The van der Waals surface area contributed by atoms with Crippen LogP contribution in [0.2, 0.25) is 0 Å². The SMILES string of the molecule is Cc1cc(/C(N)=N/N(C)N)cc(C(=O)NCc2cccc(C(F)(F)F)c2)n1. The molecule has 144 valence electrons. The van der Waals surface area contributed by atoms with Crippen LogP contribution in [-0.4, -0.2) is 28.9 Å². The van der Waals surface area contributed by atoms with Crippen LogP contribution in [0, 0.1) is 6.92 Å². The fraction of sp³-hybridized carbons (Fsp3) is 0.235. The molecule has 1 aromatic heterocycles. The van der Waals surface area contributed by atoms with Crippen LogP contribution in [0.4, 0.5) is 13.2 Å². The third kappa shape index (κ3) is 5.68. The Labute approximate surface area is 153 Å². The normalized spacial score (nSPS) is 12.0. The highest BCUT2D eigenvalue weighted by Crippen LogP contribution is 2.29. The molecule has 0 saturated carbocycles. The molecule has 1 heterocycles. The quantitative estimate of drug-likeness (QED) is 0.317. The maximum atomic E-state index is 12.8. The molecule has 0 unspecified atom stereocenters. The van der Waals surface area contributed by atoms with E-state index in [1.807, 2.05) is 0 Å². The van der Waals surface area contributed by atoms with E-state index in [9.17, 15) is 18.0 Å². The molecule has 0 aliphatic heterocycles. The standard InChI is InChI=1S/C17H19F3N6O/c1-10-6-12(15(21)25-26(2)22)8-14(24-10)16(27)23-9-11-4-3-5-13(7-11)17(18,19)20/h3-8H,9,22H2,1-2H3,(H2,21,25)(H,23,27). The molecular weight excluding hydrogens is 361 g/mol. The number of alkyl halides is 3. The van der Waals surface area contributed by atoms with Gasteiger partial charge in [-0.3, -0.25) is 4.79 Å². The van der Waals surface area contributed by atoms with Gasteiger partial charge in [0.25, 0.3) is 5.91 Å². The Morgan fingerprint density at radius 3 is 2.63 bits per heavy atom. The van der Waals surface area contributed by atoms with Gasteiger partial charge in [-0.25, -0.2) is 15.9 Å². The molecular formula is C17H19F3N6O. The average molecular weight is 380 g/mol. The van der Waals surface area contributed by atoms with Crippen molar-refractivity contribution in [2.45, 2.75) is 19.6 Å². The molecule has 0 atom stereocenters. The van der Waals surface area contributed by atoms with Gasteiger partial charge >= 0.3 is 6.18 Å². The highest BCUT2D eigenvalue weighted by Gasteiger charge is 2.30. The molecule has 27 heavy (non-hydrogen) atoms. The topological polar surface area (TPSA) is 110 Å². The van der Waals surface area contributed by atoms with Crippen molar-refractivity contribution < 1.29 is 18.0 Å². The van der Waals surface area contributed by atoms with Crippen LogP contribution >= 0.6 is 0 Å². The lowest BCUT2D eigenvalue weighted by Crippen LogP contribution is -2.27. The minimum Gasteiger partial charge on any atom is -0.382 e. The number of carbonyl (C=O) groups is 1. The van der Waals surface area contributed by atoms with E-state index in [2.05, 4.69) is 15.4 Å². The molecule has 1 amide bonds. The van der Waals surface area contributed by atoms with Crippen molar-refractivity contribution in [1.29, 1.82) is 0 Å². The number of aryl methyl sites for hydroxylation is 1. The highest BCUT2D eigenvalue weighted by atomic mass is 19.4. The minimum atomic E-state index is -4.44. The predicted molar refractivity (Wildman–Crippen MR) is 94.3 cm³/mol. The maximum absolute atomic E-state index is 12.8. The molecule has 0 saturated heterocycles. The van der Waals surface area contributed by atoms with E-state index in [1.165, 1.54) is 25.2 Å². The maximum Gasteiger partial charge on any atom is 0.416 e. The van der Waals surface area contributed by atoms with Crippen molar-refractivity contribution in [2.24, 2.45) is 16.7 Å². The summed E-state index contributed by atoms with van der Waals surface area (Å²) in [5, 5.41) is 7.42. The fourth-order valence-corrected chi connectivity index (χ4v) is 2.29. The second-order valence-electron chi connectivity index (χ2n) is 5.82. The zero-order chi connectivity index (χ0) is 20.2. The number of nitrogens with zero attached hydrogens (tertiary/aromatic N) is 3. The molecule has 0 bridgehead atoms. The lowest BCUT2D eigenvalue weighted by atomic mass is 10.1. The third-order valence-corrected chi connectivity index (χ3v) is 3.45. The Morgan fingerprint density at radius 2 is 2.00 bits per heavy atom. The summed E-state index contributed by atoms with van der Waals surface area (Å²) in [5.41, 5.74) is 6.39. The number of hydrazine groups is 1. The number of nitrogens with one attached hydrogen (secondary N) is 1. The number of hydrogen-bond donors (Lipinski definition) is 3. The van der Waals surface area contributed by atoms with E-state index in [0.717, 1.165) is 17.3 Å². The largest absolute Gasteiger partial charge is 0.416 e. The lowest BCUT2D eigenvalue weighted by Gasteiger charge is -2.11. The van der Waals surface area contributed by atoms with Gasteiger partial charge in [0.15, 0.2) is 5.84 Å². The molecule has 7 nitrogen and oxygen atoms in total. The molecule has 10 heteroatoms. The Morgan fingerprint density at radius 1 is 1.30 bits per heavy atom. The van der Waals surface area contributed by atoms with Gasteiger partial charge in [-0.15, -0.1) is 5.10 Å². The zero-order valence-electron chi connectivity index (χ0n) is 14.7. The summed E-state index contributed by atoms with van der Waals surface area (Å²) in [5.74, 6) is 4.96. The Bertz CT molecular complexity index is 864. The molecule has 0 radical (unpaired) electrons. The molecule has 2 rings (SSSR count). The first kappa shape index (κ1) is 20.2. The van der Waals surface area contributed by atoms with Crippen molar-refractivity contribution in [3.05, 3.63) is 64.5 Å². The van der Waals surface area contributed by atoms with Crippen LogP contribution in [0.15, 0.2) is 41.5 Å². The second kappa shape index (κ2) is 8.04. The fourth-order valence-electron chi connectivity index (χ4n) is 2.29. The summed E-state index contributed by atoms with van der Waals surface area (Å²) < 4.78 is 38.3. The monoisotopic (exact) mass is 380 g/mol. The number of aromatic nitrogens is 1. The van der Waals surface area contributed by atoms with E-state index >= 15 is 0 Å². The number of amides is 1. The number of hydrazone groups is 1. The van der Waals surface area contributed by atoms with Crippen LogP contribution in [-0.2, 0) is 12.7 Å². The van der Waals surface area contributed by atoms with Gasteiger partial charge < -0.3 is 11.1 Å². The molecule has 0 fully saturated rings. The number of pyridine rings is 1. The van der Waals surface area contributed by atoms with E-state index in [0.29, 0.717) is 16.8 Å². The van der Waals surface area contributed by atoms with Gasteiger partial charge in [-0.1, -0.05) is 12.1 Å². The molecule has 5 N–H and O–H groups in total. The number of benzene rings is 1. The summed E-state index contributed by atoms with van der Waals surface area (Å²) in [6.45, 7) is 1.59. The summed E-state index contributed by atoms with van der Waals surface area (Å²) in [6, 6.07) is 7.79. The number of carbonyl (C=O) groups excluding carboxylic acids is 1. The van der Waals surface area contributed by atoms with Crippen molar-refractivity contribution in [3.8, 4) is 0 Å². The van der Waals surface area contributed by atoms with Crippen molar-refractivity contribution >= 4 is 11.7 Å². The number of hydrogen-bond acceptors (Lipinski definition) is 5. The van der Waals surface area contributed by atoms with Crippen LogP contribution in [0.1, 0.15) is 32.9 Å². The molecule has 1 aromatic carbocycles. The first-order valence-electron chi connectivity index (χ1n) is 7.82.